The van der Waals surface area contributed by atoms with E-state index < -0.39 is 9.84 Å². The summed E-state index contributed by atoms with van der Waals surface area (Å²) in [5, 5.41) is 3.62. The average molecular weight is 356 g/mol. The predicted molar refractivity (Wildman–Crippen MR) is 99.8 cm³/mol. The van der Waals surface area contributed by atoms with Crippen molar-refractivity contribution in [3.63, 3.8) is 0 Å². The second kappa shape index (κ2) is 6.46. The van der Waals surface area contributed by atoms with Gasteiger partial charge in [0.05, 0.1) is 9.79 Å². The molecule has 2 atom stereocenters. The molecule has 0 spiro atoms. The first-order valence-corrected chi connectivity index (χ1v) is 10.5. The summed E-state index contributed by atoms with van der Waals surface area (Å²) in [6, 6.07) is 14.7. The molecule has 0 radical (unpaired) electrons. The van der Waals surface area contributed by atoms with Gasteiger partial charge in [0.1, 0.15) is 0 Å². The molecule has 0 amide bonds. The highest BCUT2D eigenvalue weighted by Gasteiger charge is 2.35. The van der Waals surface area contributed by atoms with Crippen molar-refractivity contribution in [3.05, 3.63) is 54.1 Å². The lowest BCUT2D eigenvalue weighted by atomic mass is 9.91. The molecule has 2 aliphatic heterocycles. The molecule has 0 bridgehead atoms. The van der Waals surface area contributed by atoms with E-state index in [1.54, 1.807) is 30.3 Å². The van der Waals surface area contributed by atoms with Crippen molar-refractivity contribution in [2.45, 2.75) is 41.5 Å². The summed E-state index contributed by atoms with van der Waals surface area (Å²) in [6.45, 7) is 5.46. The van der Waals surface area contributed by atoms with Crippen LogP contribution in [0.4, 0.5) is 5.69 Å². The van der Waals surface area contributed by atoms with Crippen LogP contribution >= 0.6 is 0 Å². The molecule has 2 heterocycles. The first kappa shape index (κ1) is 16.6. The van der Waals surface area contributed by atoms with Crippen LogP contribution in [-0.2, 0) is 9.84 Å². The summed E-state index contributed by atoms with van der Waals surface area (Å²) in [5.74, 6) is 0.400. The lowest BCUT2D eigenvalue weighted by molar-refractivity contribution is 0.298. The standard InChI is InChI=1S/C20H24N2O2S/c1-2-22-12-10-17-18-14-16(8-9-19(18)21-20(17)11-13-22)25(23,24)15-6-4-3-5-7-15/h3-9,14,17,20-21H,2,10-13H2,1H3/t17-,20+/m1/s1. The van der Waals surface area contributed by atoms with Gasteiger partial charge < -0.3 is 10.2 Å². The molecular formula is C20H24N2O2S. The van der Waals surface area contributed by atoms with Crippen LogP contribution in [0, 0.1) is 0 Å². The van der Waals surface area contributed by atoms with E-state index in [2.05, 4.69) is 17.1 Å². The van der Waals surface area contributed by atoms with E-state index in [0.717, 1.165) is 38.2 Å². The lowest BCUT2D eigenvalue weighted by Crippen LogP contribution is -2.25. The van der Waals surface area contributed by atoms with E-state index >= 15 is 0 Å². The molecule has 0 unspecified atom stereocenters. The Hall–Kier alpha value is -1.85. The molecule has 1 saturated heterocycles. The maximum atomic E-state index is 12.9. The highest BCUT2D eigenvalue weighted by molar-refractivity contribution is 7.91. The quantitative estimate of drug-likeness (QED) is 0.914. The Morgan fingerprint density at radius 3 is 2.56 bits per heavy atom. The molecular weight excluding hydrogens is 332 g/mol. The van der Waals surface area contributed by atoms with Crippen LogP contribution in [0.5, 0.6) is 0 Å². The molecule has 0 saturated carbocycles. The highest BCUT2D eigenvalue weighted by atomic mass is 32.2. The Balaban J connectivity index is 1.69. The number of hydrogen-bond donors (Lipinski definition) is 1. The van der Waals surface area contributed by atoms with Gasteiger partial charge in [0.2, 0.25) is 9.84 Å². The van der Waals surface area contributed by atoms with E-state index in [0.29, 0.717) is 21.8 Å². The SMILES string of the molecule is CCN1CC[C@@H]2Nc3ccc(S(=O)(=O)c4ccccc4)cc3[C@H]2CC1. The van der Waals surface area contributed by atoms with Crippen molar-refractivity contribution in [1.82, 2.24) is 4.90 Å². The van der Waals surface area contributed by atoms with Gasteiger partial charge in [0.25, 0.3) is 0 Å². The number of benzene rings is 2. The third-order valence-corrected chi connectivity index (χ3v) is 7.34. The van der Waals surface area contributed by atoms with Gasteiger partial charge in [-0.3, -0.25) is 0 Å². The van der Waals surface area contributed by atoms with Crippen LogP contribution in [0.15, 0.2) is 58.3 Å². The summed E-state index contributed by atoms with van der Waals surface area (Å²) in [6.07, 6.45) is 2.18. The number of rotatable bonds is 3. The van der Waals surface area contributed by atoms with Crippen molar-refractivity contribution in [1.29, 1.82) is 0 Å². The van der Waals surface area contributed by atoms with Crippen molar-refractivity contribution < 1.29 is 8.42 Å². The van der Waals surface area contributed by atoms with Gasteiger partial charge in [0, 0.05) is 24.2 Å². The molecule has 2 aliphatic rings. The molecule has 1 N–H and O–H groups in total. The average Bonchev–Trinajstić information content (AvgIpc) is 2.86. The molecule has 25 heavy (non-hydrogen) atoms. The normalized spacial score (nSPS) is 23.4. The molecule has 5 heteroatoms. The van der Waals surface area contributed by atoms with Crippen molar-refractivity contribution in [3.8, 4) is 0 Å². The van der Waals surface area contributed by atoms with Crippen molar-refractivity contribution in [2.75, 3.05) is 25.0 Å². The van der Waals surface area contributed by atoms with E-state index in [9.17, 15) is 8.42 Å². The smallest absolute Gasteiger partial charge is 0.206 e. The van der Waals surface area contributed by atoms with E-state index in [4.69, 9.17) is 0 Å². The topological polar surface area (TPSA) is 49.4 Å². The van der Waals surface area contributed by atoms with E-state index in [-0.39, 0.29) is 0 Å². The maximum Gasteiger partial charge on any atom is 0.206 e. The fraction of sp³-hybridized carbons (Fsp3) is 0.400. The van der Waals surface area contributed by atoms with Gasteiger partial charge in [-0.15, -0.1) is 0 Å². The number of sulfone groups is 1. The zero-order valence-electron chi connectivity index (χ0n) is 14.5. The minimum atomic E-state index is -3.46. The van der Waals surface area contributed by atoms with E-state index in [1.807, 2.05) is 18.2 Å². The fourth-order valence-corrected chi connectivity index (χ4v) is 5.42. The summed E-state index contributed by atoms with van der Waals surface area (Å²) in [7, 11) is -3.46. The number of nitrogens with zero attached hydrogens (tertiary/aromatic N) is 1. The first-order chi connectivity index (χ1) is 12.1. The number of fused-ring (bicyclic) bond motifs is 3. The van der Waals surface area contributed by atoms with Crippen molar-refractivity contribution in [2.24, 2.45) is 0 Å². The molecule has 1 fully saturated rings. The van der Waals surface area contributed by atoms with Crippen LogP contribution in [0.3, 0.4) is 0 Å². The fourth-order valence-electron chi connectivity index (χ4n) is 4.10. The Bertz CT molecular complexity index is 865. The molecule has 0 aliphatic carbocycles. The summed E-state index contributed by atoms with van der Waals surface area (Å²) < 4.78 is 25.9. The van der Waals surface area contributed by atoms with E-state index in [1.165, 1.54) is 5.56 Å². The molecule has 2 aromatic carbocycles. The van der Waals surface area contributed by atoms with Crippen LogP contribution in [-0.4, -0.2) is 39.0 Å². The molecule has 4 nitrogen and oxygen atoms in total. The van der Waals surface area contributed by atoms with Crippen LogP contribution in [0.1, 0.15) is 31.2 Å². The zero-order valence-corrected chi connectivity index (χ0v) is 15.3. The lowest BCUT2D eigenvalue weighted by Gasteiger charge is -2.17. The molecule has 2 aromatic rings. The third-order valence-electron chi connectivity index (χ3n) is 5.57. The Morgan fingerprint density at radius 2 is 1.80 bits per heavy atom. The van der Waals surface area contributed by atoms with Gasteiger partial charge in [-0.05, 0) is 61.8 Å². The molecule has 0 aromatic heterocycles. The largest absolute Gasteiger partial charge is 0.381 e. The number of anilines is 1. The Labute approximate surface area is 149 Å². The van der Waals surface area contributed by atoms with Gasteiger partial charge >= 0.3 is 0 Å². The van der Waals surface area contributed by atoms with Gasteiger partial charge in [-0.1, -0.05) is 25.1 Å². The number of hydrogen-bond acceptors (Lipinski definition) is 4. The minimum absolute atomic E-state index is 0.357. The number of likely N-dealkylation sites (tertiary alicyclic amines) is 1. The predicted octanol–water partition coefficient (Wildman–Crippen LogP) is 3.51. The number of nitrogens with one attached hydrogen (secondary N) is 1. The maximum absolute atomic E-state index is 12.9. The van der Waals surface area contributed by atoms with Gasteiger partial charge in [-0.2, -0.15) is 0 Å². The Morgan fingerprint density at radius 1 is 1.04 bits per heavy atom. The first-order valence-electron chi connectivity index (χ1n) is 9.02. The highest BCUT2D eigenvalue weighted by Crippen LogP contribution is 2.42. The minimum Gasteiger partial charge on any atom is -0.381 e. The van der Waals surface area contributed by atoms with Crippen LogP contribution in [0.25, 0.3) is 0 Å². The summed E-state index contributed by atoms with van der Waals surface area (Å²) >= 11 is 0. The summed E-state index contributed by atoms with van der Waals surface area (Å²) in [4.78, 5) is 3.23. The zero-order chi connectivity index (χ0) is 17.4. The van der Waals surface area contributed by atoms with Gasteiger partial charge in [-0.25, -0.2) is 8.42 Å². The summed E-state index contributed by atoms with van der Waals surface area (Å²) in [5.41, 5.74) is 2.27. The van der Waals surface area contributed by atoms with Crippen LogP contribution < -0.4 is 5.32 Å². The van der Waals surface area contributed by atoms with Crippen LogP contribution in [0.2, 0.25) is 0 Å². The molecule has 4 rings (SSSR count). The van der Waals surface area contributed by atoms with Gasteiger partial charge in [0.15, 0.2) is 0 Å². The second-order valence-electron chi connectivity index (χ2n) is 6.93. The molecule has 132 valence electrons. The second-order valence-corrected chi connectivity index (χ2v) is 8.88. The monoisotopic (exact) mass is 356 g/mol. The third kappa shape index (κ3) is 2.96. The Kier molecular flexibility index (Phi) is 4.29. The van der Waals surface area contributed by atoms with Crippen molar-refractivity contribution >= 4 is 15.5 Å².